The van der Waals surface area contributed by atoms with Crippen LogP contribution in [0.3, 0.4) is 0 Å². The molecule has 30 heavy (non-hydrogen) atoms. The molecule has 0 aliphatic carbocycles. The molecule has 3 aromatic carbocycles. The molecule has 1 aliphatic rings. The highest BCUT2D eigenvalue weighted by Crippen LogP contribution is 2.22. The average molecular weight is 402 g/mol. The lowest BCUT2D eigenvalue weighted by Crippen LogP contribution is -2.37. The van der Waals surface area contributed by atoms with E-state index in [1.54, 1.807) is 17.0 Å². The van der Waals surface area contributed by atoms with Gasteiger partial charge in [-0.1, -0.05) is 71.9 Å². The molecule has 4 nitrogen and oxygen atoms in total. The number of oxime groups is 1. The van der Waals surface area contributed by atoms with Gasteiger partial charge in [-0.3, -0.25) is 4.79 Å². The standard InChI is InChI=1S/C25H23FN2O2/c1-18-9-5-6-12-21(18)24-15-20(30-27-24)17-28(16-19-10-3-2-4-11-19)25(29)22-13-7-8-14-23(22)26/h2-14,20H,15-17H2,1H3/t20-/m0/s1. The quantitative estimate of drug-likeness (QED) is 0.584. The monoisotopic (exact) mass is 402 g/mol. The zero-order valence-corrected chi connectivity index (χ0v) is 16.8. The summed E-state index contributed by atoms with van der Waals surface area (Å²) in [4.78, 5) is 20.4. The van der Waals surface area contributed by atoms with E-state index >= 15 is 0 Å². The summed E-state index contributed by atoms with van der Waals surface area (Å²) < 4.78 is 14.3. The van der Waals surface area contributed by atoms with E-state index in [0.29, 0.717) is 19.5 Å². The lowest BCUT2D eigenvalue weighted by Gasteiger charge is -2.25. The van der Waals surface area contributed by atoms with Crippen LogP contribution < -0.4 is 0 Å². The van der Waals surface area contributed by atoms with Crippen LogP contribution in [0.25, 0.3) is 0 Å². The first kappa shape index (κ1) is 19.8. The number of nitrogens with zero attached hydrogens (tertiary/aromatic N) is 2. The summed E-state index contributed by atoms with van der Waals surface area (Å²) in [5.41, 5.74) is 4.09. The number of carbonyl (C=O) groups is 1. The number of hydrogen-bond acceptors (Lipinski definition) is 3. The summed E-state index contributed by atoms with van der Waals surface area (Å²) >= 11 is 0. The van der Waals surface area contributed by atoms with Crippen molar-refractivity contribution in [3.05, 3.63) is 107 Å². The van der Waals surface area contributed by atoms with Gasteiger partial charge in [0, 0.05) is 18.5 Å². The molecule has 0 fully saturated rings. The van der Waals surface area contributed by atoms with Crippen molar-refractivity contribution in [3.63, 3.8) is 0 Å². The second-order valence-corrected chi connectivity index (χ2v) is 7.44. The van der Waals surface area contributed by atoms with Crippen molar-refractivity contribution in [1.82, 2.24) is 4.90 Å². The molecule has 1 atom stereocenters. The smallest absolute Gasteiger partial charge is 0.257 e. The molecule has 0 spiro atoms. The third-order valence-corrected chi connectivity index (χ3v) is 5.22. The van der Waals surface area contributed by atoms with E-state index in [2.05, 4.69) is 5.16 Å². The second kappa shape index (κ2) is 8.91. The van der Waals surface area contributed by atoms with E-state index in [-0.39, 0.29) is 17.6 Å². The summed E-state index contributed by atoms with van der Waals surface area (Å²) in [5.74, 6) is -0.880. The number of hydrogen-bond donors (Lipinski definition) is 0. The van der Waals surface area contributed by atoms with Gasteiger partial charge in [-0.25, -0.2) is 4.39 Å². The molecule has 3 aromatic rings. The Balaban J connectivity index is 1.53. The zero-order chi connectivity index (χ0) is 20.9. The zero-order valence-electron chi connectivity index (χ0n) is 16.8. The SMILES string of the molecule is Cc1ccccc1C1=NO[C@H](CN(Cc2ccccc2)C(=O)c2ccccc2F)C1. The van der Waals surface area contributed by atoms with Crippen molar-refractivity contribution in [2.24, 2.45) is 5.16 Å². The van der Waals surface area contributed by atoms with Gasteiger partial charge in [-0.2, -0.15) is 0 Å². The van der Waals surface area contributed by atoms with E-state index in [1.807, 2.05) is 61.5 Å². The molecule has 0 aromatic heterocycles. The fourth-order valence-electron chi connectivity index (χ4n) is 3.66. The fraction of sp³-hybridized carbons (Fsp3) is 0.200. The number of halogens is 1. The molecule has 0 saturated heterocycles. The maximum Gasteiger partial charge on any atom is 0.257 e. The van der Waals surface area contributed by atoms with Gasteiger partial charge in [0.2, 0.25) is 0 Å². The fourth-order valence-corrected chi connectivity index (χ4v) is 3.66. The predicted molar refractivity (Wildman–Crippen MR) is 115 cm³/mol. The van der Waals surface area contributed by atoms with Crippen LogP contribution in [0.4, 0.5) is 4.39 Å². The topological polar surface area (TPSA) is 41.9 Å². The van der Waals surface area contributed by atoms with Gasteiger partial charge >= 0.3 is 0 Å². The van der Waals surface area contributed by atoms with Crippen LogP contribution >= 0.6 is 0 Å². The van der Waals surface area contributed by atoms with Crippen LogP contribution in [0.15, 0.2) is 84.0 Å². The van der Waals surface area contributed by atoms with Gasteiger partial charge < -0.3 is 9.74 Å². The molecule has 0 saturated carbocycles. The summed E-state index contributed by atoms with van der Waals surface area (Å²) in [6.07, 6.45) is 0.319. The summed E-state index contributed by atoms with van der Waals surface area (Å²) in [6.45, 7) is 2.73. The Hall–Kier alpha value is -3.47. The van der Waals surface area contributed by atoms with E-state index in [1.165, 1.54) is 12.1 Å². The maximum atomic E-state index is 14.3. The molecule has 5 heteroatoms. The Morgan fingerprint density at radius 2 is 1.73 bits per heavy atom. The Bertz CT molecular complexity index is 1070. The Morgan fingerprint density at radius 1 is 1.03 bits per heavy atom. The highest BCUT2D eigenvalue weighted by molar-refractivity contribution is 6.02. The molecule has 0 bridgehead atoms. The molecule has 0 N–H and O–H groups in total. The molecule has 1 heterocycles. The van der Waals surface area contributed by atoms with Gasteiger partial charge in [0.15, 0.2) is 6.10 Å². The molecule has 0 unspecified atom stereocenters. The minimum atomic E-state index is -0.523. The highest BCUT2D eigenvalue weighted by Gasteiger charge is 2.28. The van der Waals surface area contributed by atoms with Crippen molar-refractivity contribution < 1.29 is 14.0 Å². The number of amides is 1. The van der Waals surface area contributed by atoms with Crippen LogP contribution in [0.5, 0.6) is 0 Å². The summed E-state index contributed by atoms with van der Waals surface area (Å²) in [6, 6.07) is 23.8. The van der Waals surface area contributed by atoms with Crippen molar-refractivity contribution >= 4 is 11.6 Å². The Morgan fingerprint density at radius 3 is 2.50 bits per heavy atom. The van der Waals surface area contributed by atoms with E-state index in [9.17, 15) is 9.18 Å². The maximum absolute atomic E-state index is 14.3. The van der Waals surface area contributed by atoms with Crippen molar-refractivity contribution in [2.45, 2.75) is 26.0 Å². The first-order valence-electron chi connectivity index (χ1n) is 9.98. The normalized spacial score (nSPS) is 15.4. The Kier molecular flexibility index (Phi) is 5.89. The van der Waals surface area contributed by atoms with Gasteiger partial charge in [0.1, 0.15) is 5.82 Å². The van der Waals surface area contributed by atoms with E-state index in [0.717, 1.165) is 22.4 Å². The third-order valence-electron chi connectivity index (χ3n) is 5.22. The lowest BCUT2D eigenvalue weighted by molar-refractivity contribution is 0.0402. The largest absolute Gasteiger partial charge is 0.390 e. The van der Waals surface area contributed by atoms with Gasteiger partial charge in [0.25, 0.3) is 5.91 Å². The van der Waals surface area contributed by atoms with Gasteiger partial charge in [-0.05, 0) is 30.2 Å². The lowest BCUT2D eigenvalue weighted by atomic mass is 10.00. The van der Waals surface area contributed by atoms with Crippen LogP contribution in [0.2, 0.25) is 0 Å². The van der Waals surface area contributed by atoms with Crippen LogP contribution in [0.1, 0.15) is 33.5 Å². The van der Waals surface area contributed by atoms with Gasteiger partial charge in [-0.15, -0.1) is 0 Å². The predicted octanol–water partition coefficient (Wildman–Crippen LogP) is 4.97. The Labute approximate surface area is 175 Å². The molecule has 4 rings (SSSR count). The first-order valence-corrected chi connectivity index (χ1v) is 9.98. The highest BCUT2D eigenvalue weighted by atomic mass is 19.1. The molecular weight excluding hydrogens is 379 g/mol. The van der Waals surface area contributed by atoms with Crippen molar-refractivity contribution in [3.8, 4) is 0 Å². The van der Waals surface area contributed by atoms with Crippen molar-refractivity contribution in [2.75, 3.05) is 6.54 Å². The number of aryl methyl sites for hydroxylation is 1. The first-order chi connectivity index (χ1) is 14.6. The number of rotatable bonds is 6. The van der Waals surface area contributed by atoms with Crippen LogP contribution in [-0.4, -0.2) is 29.2 Å². The molecule has 1 amide bonds. The summed E-state index contributed by atoms with van der Waals surface area (Å²) in [5, 5.41) is 4.26. The van der Waals surface area contributed by atoms with Gasteiger partial charge in [0.05, 0.1) is 17.8 Å². The van der Waals surface area contributed by atoms with E-state index in [4.69, 9.17) is 4.84 Å². The minimum Gasteiger partial charge on any atom is -0.390 e. The van der Waals surface area contributed by atoms with Crippen molar-refractivity contribution in [1.29, 1.82) is 0 Å². The van der Waals surface area contributed by atoms with E-state index < -0.39 is 5.82 Å². The number of benzene rings is 3. The molecule has 152 valence electrons. The number of carbonyl (C=O) groups excluding carboxylic acids is 1. The third kappa shape index (κ3) is 4.40. The minimum absolute atomic E-state index is 0.0615. The summed E-state index contributed by atoms with van der Waals surface area (Å²) in [7, 11) is 0. The molecule has 1 aliphatic heterocycles. The second-order valence-electron chi connectivity index (χ2n) is 7.44. The molecular formula is C25H23FN2O2. The average Bonchev–Trinajstić information content (AvgIpc) is 3.22. The molecule has 0 radical (unpaired) electrons. The van der Waals surface area contributed by atoms with Crippen LogP contribution in [0, 0.1) is 12.7 Å². The van der Waals surface area contributed by atoms with Crippen LogP contribution in [-0.2, 0) is 11.4 Å².